The highest BCUT2D eigenvalue weighted by atomic mass is 35.5. The number of rotatable bonds is 5. The molecule has 3 aromatic heterocycles. The molecule has 1 saturated heterocycles. The lowest BCUT2D eigenvalue weighted by atomic mass is 9.78. The minimum Gasteiger partial charge on any atom is -0.399 e. The largest absolute Gasteiger partial charge is 0.494 e. The Morgan fingerprint density at radius 2 is 1.22 bits per heavy atom. The molecule has 0 aliphatic carbocycles. The van der Waals surface area contributed by atoms with Crippen molar-refractivity contribution in [3.05, 3.63) is 128 Å². The molecule has 10 heteroatoms. The number of fused-ring (bicyclic) bond motifs is 2. The fourth-order valence-corrected chi connectivity index (χ4v) is 6.61. The van der Waals surface area contributed by atoms with Gasteiger partial charge in [0.05, 0.1) is 38.0 Å². The Labute approximate surface area is 296 Å². The van der Waals surface area contributed by atoms with Gasteiger partial charge in [0, 0.05) is 53.3 Å². The van der Waals surface area contributed by atoms with Crippen molar-refractivity contribution in [1.29, 1.82) is 0 Å². The molecule has 1 aliphatic rings. The average Bonchev–Trinajstić information content (AvgIpc) is 3.31. The second-order valence-electron chi connectivity index (χ2n) is 13.0. The van der Waals surface area contributed by atoms with Crippen molar-refractivity contribution >= 4 is 57.6 Å². The molecule has 4 heterocycles. The van der Waals surface area contributed by atoms with Crippen molar-refractivity contribution in [2.45, 2.75) is 65.8 Å². The molecular weight excluding hydrogens is 656 g/mol. The zero-order chi connectivity index (χ0) is 35.1. The number of aryl methyl sites for hydroxylation is 2. The summed E-state index contributed by atoms with van der Waals surface area (Å²) < 4.78 is 15.6. The molecule has 1 fully saturated rings. The first-order chi connectivity index (χ1) is 23.3. The van der Waals surface area contributed by atoms with E-state index in [4.69, 9.17) is 32.5 Å². The fourth-order valence-electron chi connectivity index (χ4n) is 6.12. The standard InChI is InChI=1S/C22H17ClN2O.C17H21BClNO3/c1-2-25-20-11-10-16(13-18(20)19(23)14-21(25)26)17-9-6-12-24-22(17)15-7-4-3-5-8-15;1-6-20-14-8-7-11(9-12(14)13(19)10-15(20)21)18-22-16(2,3)17(4,5)23-18/h3-14H,2H2,1H3;7-10H,6H2,1-5H3. The van der Waals surface area contributed by atoms with Crippen LogP contribution in [0.15, 0.2) is 107 Å². The fraction of sp³-hybridized carbons (Fsp3) is 0.256. The first-order valence-electron chi connectivity index (χ1n) is 16.4. The van der Waals surface area contributed by atoms with Crippen molar-refractivity contribution in [2.75, 3.05) is 0 Å². The predicted molar refractivity (Wildman–Crippen MR) is 202 cm³/mol. The van der Waals surface area contributed by atoms with E-state index in [2.05, 4.69) is 23.2 Å². The molecule has 0 unspecified atom stereocenters. The van der Waals surface area contributed by atoms with Crippen molar-refractivity contribution in [3.63, 3.8) is 0 Å². The molecular formula is C39H38BCl2N3O4. The molecule has 0 amide bonds. The molecule has 7 rings (SSSR count). The number of benzene rings is 3. The molecule has 250 valence electrons. The molecule has 0 spiro atoms. The zero-order valence-corrected chi connectivity index (χ0v) is 30.0. The predicted octanol–water partition coefficient (Wildman–Crippen LogP) is 8.38. The summed E-state index contributed by atoms with van der Waals surface area (Å²) in [4.78, 5) is 28.8. The molecule has 0 bridgehead atoms. The first kappa shape index (κ1) is 34.7. The summed E-state index contributed by atoms with van der Waals surface area (Å²) >= 11 is 12.7. The maximum absolute atomic E-state index is 12.1. The van der Waals surface area contributed by atoms with E-state index in [0.29, 0.717) is 23.1 Å². The lowest BCUT2D eigenvalue weighted by molar-refractivity contribution is 0.00578. The van der Waals surface area contributed by atoms with E-state index in [0.717, 1.165) is 49.7 Å². The molecule has 49 heavy (non-hydrogen) atoms. The molecule has 0 atom stereocenters. The van der Waals surface area contributed by atoms with E-state index >= 15 is 0 Å². The number of halogens is 2. The van der Waals surface area contributed by atoms with Gasteiger partial charge in [0.2, 0.25) is 0 Å². The van der Waals surface area contributed by atoms with Crippen LogP contribution in [-0.4, -0.2) is 32.4 Å². The minimum absolute atomic E-state index is 0.0795. The van der Waals surface area contributed by atoms with E-state index in [9.17, 15) is 9.59 Å². The van der Waals surface area contributed by atoms with E-state index in [-0.39, 0.29) is 11.1 Å². The summed E-state index contributed by atoms with van der Waals surface area (Å²) in [6, 6.07) is 28.8. The van der Waals surface area contributed by atoms with E-state index in [1.807, 2.05) is 102 Å². The number of hydrogen-bond acceptors (Lipinski definition) is 5. The van der Waals surface area contributed by atoms with Crippen LogP contribution < -0.4 is 16.6 Å². The molecule has 0 radical (unpaired) electrons. The number of aromatic nitrogens is 3. The van der Waals surface area contributed by atoms with Gasteiger partial charge in [-0.3, -0.25) is 14.6 Å². The summed E-state index contributed by atoms with van der Waals surface area (Å²) in [6.45, 7) is 13.2. The van der Waals surface area contributed by atoms with Gasteiger partial charge in [-0.1, -0.05) is 77.8 Å². The quantitative estimate of drug-likeness (QED) is 0.170. The molecule has 0 N–H and O–H groups in total. The molecule has 1 aliphatic heterocycles. The van der Waals surface area contributed by atoms with E-state index in [1.165, 1.54) is 12.1 Å². The number of hydrogen-bond donors (Lipinski definition) is 0. The first-order valence-corrected chi connectivity index (χ1v) is 17.1. The van der Waals surface area contributed by atoms with Crippen LogP contribution in [0.5, 0.6) is 0 Å². The molecule has 6 aromatic rings. The summed E-state index contributed by atoms with van der Waals surface area (Å²) in [7, 11) is -0.442. The SMILES string of the molecule is CCn1c(=O)cc(Cl)c2cc(-c3cccnc3-c3ccccc3)ccc21.CCn1c(=O)cc(Cl)c2cc(B3OC(C)(C)C(C)(C)O3)ccc21. The third kappa shape index (κ3) is 6.58. The van der Waals surface area contributed by atoms with Gasteiger partial charge in [-0.25, -0.2) is 0 Å². The molecule has 3 aromatic carbocycles. The van der Waals surface area contributed by atoms with Gasteiger partial charge < -0.3 is 18.4 Å². The third-order valence-corrected chi connectivity index (χ3v) is 10.1. The van der Waals surface area contributed by atoms with Crippen LogP contribution in [0.4, 0.5) is 0 Å². The summed E-state index contributed by atoms with van der Waals surface area (Å²) in [5.74, 6) is 0. The Balaban J connectivity index is 0.000000171. The second-order valence-corrected chi connectivity index (χ2v) is 13.8. The lowest BCUT2D eigenvalue weighted by Crippen LogP contribution is -2.41. The Morgan fingerprint density at radius 1 is 0.673 bits per heavy atom. The van der Waals surface area contributed by atoms with Gasteiger partial charge in [-0.2, -0.15) is 0 Å². The van der Waals surface area contributed by atoms with Gasteiger partial charge in [0.25, 0.3) is 11.1 Å². The summed E-state index contributed by atoms with van der Waals surface area (Å²) in [5.41, 5.74) is 5.66. The minimum atomic E-state index is -0.442. The smallest absolute Gasteiger partial charge is 0.399 e. The summed E-state index contributed by atoms with van der Waals surface area (Å²) in [5, 5.41) is 2.63. The highest BCUT2D eigenvalue weighted by Gasteiger charge is 2.51. The van der Waals surface area contributed by atoms with E-state index < -0.39 is 18.3 Å². The maximum atomic E-state index is 12.1. The Bertz CT molecular complexity index is 2290. The Hall–Kier alpha value is -4.21. The van der Waals surface area contributed by atoms with Crippen molar-refractivity contribution in [2.24, 2.45) is 0 Å². The van der Waals surface area contributed by atoms with Gasteiger partial charge in [-0.05, 0) is 76.8 Å². The second kappa shape index (κ2) is 13.6. The molecule has 0 saturated carbocycles. The number of pyridine rings is 3. The van der Waals surface area contributed by atoms with Gasteiger partial charge >= 0.3 is 7.12 Å². The van der Waals surface area contributed by atoms with Crippen LogP contribution in [0.25, 0.3) is 44.2 Å². The van der Waals surface area contributed by atoms with Crippen molar-refractivity contribution in [3.8, 4) is 22.4 Å². The maximum Gasteiger partial charge on any atom is 0.494 e. The average molecular weight is 694 g/mol. The van der Waals surface area contributed by atoms with Crippen LogP contribution in [-0.2, 0) is 22.4 Å². The summed E-state index contributed by atoms with van der Waals surface area (Å²) in [6.07, 6.45) is 1.80. The number of nitrogens with zero attached hydrogens (tertiary/aromatic N) is 3. The van der Waals surface area contributed by atoms with Gasteiger partial charge in [0.1, 0.15) is 0 Å². The third-order valence-electron chi connectivity index (χ3n) is 9.47. The van der Waals surface area contributed by atoms with Crippen molar-refractivity contribution in [1.82, 2.24) is 14.1 Å². The van der Waals surface area contributed by atoms with Crippen LogP contribution >= 0.6 is 23.2 Å². The normalized spacial score (nSPS) is 15.0. The van der Waals surface area contributed by atoms with Crippen LogP contribution in [0.3, 0.4) is 0 Å². The molecule has 7 nitrogen and oxygen atoms in total. The van der Waals surface area contributed by atoms with Gasteiger partial charge in [0.15, 0.2) is 0 Å². The van der Waals surface area contributed by atoms with E-state index in [1.54, 1.807) is 15.3 Å². The van der Waals surface area contributed by atoms with Crippen LogP contribution in [0.1, 0.15) is 41.5 Å². The Kier molecular flexibility index (Phi) is 9.62. The Morgan fingerprint density at radius 3 is 1.80 bits per heavy atom. The lowest BCUT2D eigenvalue weighted by Gasteiger charge is -2.32. The zero-order valence-electron chi connectivity index (χ0n) is 28.5. The van der Waals surface area contributed by atoms with Crippen LogP contribution in [0.2, 0.25) is 10.0 Å². The highest BCUT2D eigenvalue weighted by molar-refractivity contribution is 6.62. The highest BCUT2D eigenvalue weighted by Crippen LogP contribution is 2.37. The van der Waals surface area contributed by atoms with Gasteiger partial charge in [-0.15, -0.1) is 0 Å². The monoisotopic (exact) mass is 693 g/mol. The van der Waals surface area contributed by atoms with Crippen LogP contribution in [0, 0.1) is 0 Å². The van der Waals surface area contributed by atoms with Crippen molar-refractivity contribution < 1.29 is 9.31 Å². The topological polar surface area (TPSA) is 75.4 Å².